The Morgan fingerprint density at radius 2 is 1.68 bits per heavy atom. The Morgan fingerprint density at radius 1 is 0.871 bits per heavy atom. The van der Waals surface area contributed by atoms with Gasteiger partial charge in [-0.15, -0.1) is 0 Å². The molecule has 2 heterocycles. The molecule has 0 saturated heterocycles. The smallest absolute Gasteiger partial charge is 0.255 e. The minimum absolute atomic E-state index is 0.169. The summed E-state index contributed by atoms with van der Waals surface area (Å²) in [5.41, 5.74) is 2.65. The SMILES string of the molecule is O=C(CC(c1ccccc1)c1ncc[nH]1)Nc1cccc(C(=O)Nc2ccncc2)c1. The van der Waals surface area contributed by atoms with Crippen LogP contribution in [-0.4, -0.2) is 26.8 Å². The average Bonchev–Trinajstić information content (AvgIpc) is 3.33. The molecule has 2 aromatic carbocycles. The van der Waals surface area contributed by atoms with Gasteiger partial charge < -0.3 is 15.6 Å². The molecule has 0 saturated carbocycles. The van der Waals surface area contributed by atoms with Gasteiger partial charge in [0.2, 0.25) is 5.91 Å². The summed E-state index contributed by atoms with van der Waals surface area (Å²) in [5.74, 6) is 0.0955. The van der Waals surface area contributed by atoms with E-state index in [0.717, 1.165) is 11.4 Å². The molecule has 0 spiro atoms. The third kappa shape index (κ3) is 5.22. The van der Waals surface area contributed by atoms with E-state index in [1.165, 1.54) is 0 Å². The number of benzene rings is 2. The second kappa shape index (κ2) is 9.49. The summed E-state index contributed by atoms with van der Waals surface area (Å²) in [6, 6.07) is 20.0. The molecule has 7 heteroatoms. The molecule has 0 aliphatic carbocycles. The Labute approximate surface area is 179 Å². The van der Waals surface area contributed by atoms with Crippen LogP contribution in [0.1, 0.15) is 34.1 Å². The summed E-state index contributed by atoms with van der Waals surface area (Å²) in [7, 11) is 0. The fourth-order valence-corrected chi connectivity index (χ4v) is 3.30. The van der Waals surface area contributed by atoms with Crippen molar-refractivity contribution in [1.29, 1.82) is 0 Å². The van der Waals surface area contributed by atoms with Crippen LogP contribution in [0.2, 0.25) is 0 Å². The van der Waals surface area contributed by atoms with E-state index >= 15 is 0 Å². The van der Waals surface area contributed by atoms with Gasteiger partial charge in [-0.25, -0.2) is 4.98 Å². The van der Waals surface area contributed by atoms with E-state index < -0.39 is 0 Å². The second-order valence-corrected chi connectivity index (χ2v) is 6.96. The van der Waals surface area contributed by atoms with Crippen LogP contribution in [0.5, 0.6) is 0 Å². The van der Waals surface area contributed by atoms with Crippen molar-refractivity contribution < 1.29 is 9.59 Å². The first kappa shape index (κ1) is 20.0. The molecule has 1 unspecified atom stereocenters. The number of carbonyl (C=O) groups is 2. The van der Waals surface area contributed by atoms with E-state index in [1.54, 1.807) is 61.2 Å². The lowest BCUT2D eigenvalue weighted by Crippen LogP contribution is -2.18. The fraction of sp³-hybridized carbons (Fsp3) is 0.0833. The molecular formula is C24H21N5O2. The van der Waals surface area contributed by atoms with Gasteiger partial charge in [0, 0.05) is 48.1 Å². The van der Waals surface area contributed by atoms with Gasteiger partial charge >= 0.3 is 0 Å². The highest BCUT2D eigenvalue weighted by molar-refractivity contribution is 6.05. The lowest BCUT2D eigenvalue weighted by atomic mass is 9.94. The molecular weight excluding hydrogens is 390 g/mol. The van der Waals surface area contributed by atoms with Crippen LogP contribution < -0.4 is 10.6 Å². The molecule has 7 nitrogen and oxygen atoms in total. The number of anilines is 2. The number of hydrogen-bond donors (Lipinski definition) is 3. The number of aromatic amines is 1. The number of imidazole rings is 1. The maximum Gasteiger partial charge on any atom is 0.255 e. The first-order valence-electron chi connectivity index (χ1n) is 9.84. The van der Waals surface area contributed by atoms with Crippen LogP contribution in [0.25, 0.3) is 0 Å². The zero-order chi connectivity index (χ0) is 21.5. The van der Waals surface area contributed by atoms with Crippen molar-refractivity contribution in [3.63, 3.8) is 0 Å². The molecule has 0 aliphatic rings. The molecule has 4 rings (SSSR count). The number of pyridine rings is 1. The number of amides is 2. The maximum atomic E-state index is 12.8. The van der Waals surface area contributed by atoms with E-state index in [9.17, 15) is 9.59 Å². The van der Waals surface area contributed by atoms with Gasteiger partial charge in [-0.2, -0.15) is 0 Å². The zero-order valence-electron chi connectivity index (χ0n) is 16.7. The molecule has 4 aromatic rings. The highest BCUT2D eigenvalue weighted by Crippen LogP contribution is 2.26. The van der Waals surface area contributed by atoms with Crippen molar-refractivity contribution in [2.75, 3.05) is 10.6 Å². The summed E-state index contributed by atoms with van der Waals surface area (Å²) in [6.45, 7) is 0. The quantitative estimate of drug-likeness (QED) is 0.424. The number of nitrogens with one attached hydrogen (secondary N) is 3. The van der Waals surface area contributed by atoms with Crippen molar-refractivity contribution in [2.24, 2.45) is 0 Å². The predicted molar refractivity (Wildman–Crippen MR) is 119 cm³/mol. The summed E-state index contributed by atoms with van der Waals surface area (Å²) < 4.78 is 0. The lowest BCUT2D eigenvalue weighted by Gasteiger charge is -2.15. The van der Waals surface area contributed by atoms with E-state index in [0.29, 0.717) is 16.9 Å². The van der Waals surface area contributed by atoms with Crippen molar-refractivity contribution in [3.05, 3.63) is 108 Å². The lowest BCUT2D eigenvalue weighted by molar-refractivity contribution is -0.116. The third-order valence-electron chi connectivity index (χ3n) is 4.79. The Kier molecular flexibility index (Phi) is 6.13. The Morgan fingerprint density at radius 3 is 2.42 bits per heavy atom. The Balaban J connectivity index is 1.45. The van der Waals surface area contributed by atoms with Gasteiger partial charge in [-0.1, -0.05) is 36.4 Å². The molecule has 154 valence electrons. The number of nitrogens with zero attached hydrogens (tertiary/aromatic N) is 2. The molecule has 3 N–H and O–H groups in total. The molecule has 31 heavy (non-hydrogen) atoms. The van der Waals surface area contributed by atoms with Crippen LogP contribution in [0, 0.1) is 0 Å². The Hall–Kier alpha value is -4.26. The third-order valence-corrected chi connectivity index (χ3v) is 4.79. The molecule has 1 atom stereocenters. The summed E-state index contributed by atoms with van der Waals surface area (Å²) in [4.78, 5) is 36.7. The van der Waals surface area contributed by atoms with E-state index in [2.05, 4.69) is 25.6 Å². The van der Waals surface area contributed by atoms with Crippen LogP contribution in [0.15, 0.2) is 91.5 Å². The van der Waals surface area contributed by atoms with Gasteiger partial charge in [-0.05, 0) is 35.9 Å². The maximum absolute atomic E-state index is 12.8. The topological polar surface area (TPSA) is 99.8 Å². The first-order valence-corrected chi connectivity index (χ1v) is 9.84. The van der Waals surface area contributed by atoms with Crippen LogP contribution in [0.4, 0.5) is 11.4 Å². The normalized spacial score (nSPS) is 11.5. The highest BCUT2D eigenvalue weighted by Gasteiger charge is 2.20. The van der Waals surface area contributed by atoms with Crippen LogP contribution >= 0.6 is 0 Å². The van der Waals surface area contributed by atoms with E-state index in [1.807, 2.05) is 30.3 Å². The Bertz CT molecular complexity index is 1150. The molecule has 2 aromatic heterocycles. The van der Waals surface area contributed by atoms with Crippen LogP contribution in [0.3, 0.4) is 0 Å². The van der Waals surface area contributed by atoms with Gasteiger partial charge in [0.25, 0.3) is 5.91 Å². The molecule has 0 radical (unpaired) electrons. The molecule has 0 bridgehead atoms. The van der Waals surface area contributed by atoms with Gasteiger partial charge in [0.05, 0.1) is 5.92 Å². The van der Waals surface area contributed by atoms with Crippen molar-refractivity contribution in [2.45, 2.75) is 12.3 Å². The van der Waals surface area contributed by atoms with Gasteiger partial charge in [0.1, 0.15) is 5.82 Å². The minimum Gasteiger partial charge on any atom is -0.348 e. The molecule has 0 fully saturated rings. The largest absolute Gasteiger partial charge is 0.348 e. The molecule has 2 amide bonds. The minimum atomic E-state index is -0.264. The highest BCUT2D eigenvalue weighted by atomic mass is 16.2. The average molecular weight is 411 g/mol. The van der Waals surface area contributed by atoms with Crippen LogP contribution in [-0.2, 0) is 4.79 Å². The number of aromatic nitrogens is 3. The summed E-state index contributed by atoms with van der Waals surface area (Å²) in [6.07, 6.45) is 6.84. The number of rotatable bonds is 7. The second-order valence-electron chi connectivity index (χ2n) is 6.96. The zero-order valence-corrected chi connectivity index (χ0v) is 16.7. The summed E-state index contributed by atoms with van der Waals surface area (Å²) >= 11 is 0. The van der Waals surface area contributed by atoms with Crippen molar-refractivity contribution >= 4 is 23.2 Å². The van der Waals surface area contributed by atoms with Gasteiger partial charge in [0.15, 0.2) is 0 Å². The number of H-pyrrole nitrogens is 1. The number of carbonyl (C=O) groups excluding carboxylic acids is 2. The number of hydrogen-bond acceptors (Lipinski definition) is 4. The van der Waals surface area contributed by atoms with E-state index in [-0.39, 0.29) is 24.2 Å². The first-order chi connectivity index (χ1) is 15.2. The van der Waals surface area contributed by atoms with Crippen molar-refractivity contribution in [3.8, 4) is 0 Å². The molecule has 0 aliphatic heterocycles. The van der Waals surface area contributed by atoms with E-state index in [4.69, 9.17) is 0 Å². The monoisotopic (exact) mass is 411 g/mol. The standard InChI is InChI=1S/C24H21N5O2/c30-22(16-21(23-26-13-14-27-23)17-5-2-1-3-6-17)28-20-8-4-7-18(15-20)24(31)29-19-9-11-25-12-10-19/h1-15,21H,16H2,(H,26,27)(H,28,30)(H,25,29,31). The predicted octanol–water partition coefficient (Wildman–Crippen LogP) is 4.22. The van der Waals surface area contributed by atoms with Crippen molar-refractivity contribution in [1.82, 2.24) is 15.0 Å². The van der Waals surface area contributed by atoms with Gasteiger partial charge in [-0.3, -0.25) is 14.6 Å². The fourth-order valence-electron chi connectivity index (χ4n) is 3.30. The summed E-state index contributed by atoms with van der Waals surface area (Å²) in [5, 5.41) is 5.70.